The van der Waals surface area contributed by atoms with Crippen molar-refractivity contribution in [1.29, 1.82) is 0 Å². The van der Waals surface area contributed by atoms with Crippen molar-refractivity contribution < 1.29 is 0 Å². The molecule has 1 rings (SSSR count). The lowest BCUT2D eigenvalue weighted by Gasteiger charge is -1.98. The molecule has 0 unspecified atom stereocenters. The van der Waals surface area contributed by atoms with E-state index in [-0.39, 0.29) is 0 Å². The summed E-state index contributed by atoms with van der Waals surface area (Å²) < 4.78 is 1.11. The van der Waals surface area contributed by atoms with Gasteiger partial charge in [-0.1, -0.05) is 12.1 Å². The van der Waals surface area contributed by atoms with Crippen LogP contribution in [-0.4, -0.2) is 5.21 Å². The Kier molecular flexibility index (Phi) is 3.60. The third kappa shape index (κ3) is 2.19. The lowest BCUT2D eigenvalue weighted by Crippen LogP contribution is -1.71. The number of benzene rings is 1. The lowest BCUT2D eigenvalue weighted by molar-refractivity contribution is 1.41. The van der Waals surface area contributed by atoms with E-state index in [0.29, 0.717) is 5.21 Å². The van der Waals surface area contributed by atoms with Crippen LogP contribution >= 0.6 is 39.3 Å². The zero-order valence-corrected chi connectivity index (χ0v) is 8.34. The lowest BCUT2D eigenvalue weighted by atomic mass is 10.4. The minimum absolute atomic E-state index is 0.600. The van der Waals surface area contributed by atoms with E-state index < -0.39 is 0 Å². The molecule has 0 radical (unpaired) electrons. The fourth-order valence-electron chi connectivity index (χ4n) is 0.621. The Morgan fingerprint density at radius 2 is 2.10 bits per heavy atom. The molecule has 0 saturated heterocycles. The van der Waals surface area contributed by atoms with Crippen molar-refractivity contribution in [3.8, 4) is 0 Å². The molecule has 0 aliphatic heterocycles. The quantitative estimate of drug-likeness (QED) is 0.558. The van der Waals surface area contributed by atoms with Crippen molar-refractivity contribution in [1.82, 2.24) is 0 Å². The van der Waals surface area contributed by atoms with E-state index in [2.05, 4.69) is 15.9 Å². The SMILES string of the molecule is ClCSc1ccccc1Br. The molecule has 0 aromatic heterocycles. The Labute approximate surface area is 78.1 Å². The number of hydrogen-bond acceptors (Lipinski definition) is 1. The van der Waals surface area contributed by atoms with Gasteiger partial charge < -0.3 is 0 Å². The van der Waals surface area contributed by atoms with Crippen molar-refractivity contribution in [3.63, 3.8) is 0 Å². The summed E-state index contributed by atoms with van der Waals surface area (Å²) in [7, 11) is 0. The van der Waals surface area contributed by atoms with Crippen LogP contribution in [0.1, 0.15) is 0 Å². The topological polar surface area (TPSA) is 0 Å². The summed E-state index contributed by atoms with van der Waals surface area (Å²) in [5.74, 6) is 0. The van der Waals surface area contributed by atoms with E-state index in [1.807, 2.05) is 24.3 Å². The molecule has 10 heavy (non-hydrogen) atoms. The fourth-order valence-corrected chi connectivity index (χ4v) is 2.10. The Hall–Kier alpha value is 0.340. The van der Waals surface area contributed by atoms with Gasteiger partial charge in [0.25, 0.3) is 0 Å². The second kappa shape index (κ2) is 4.27. The summed E-state index contributed by atoms with van der Waals surface area (Å²) in [4.78, 5) is 1.19. The van der Waals surface area contributed by atoms with Crippen LogP contribution in [0.15, 0.2) is 33.6 Å². The van der Waals surface area contributed by atoms with Crippen molar-refractivity contribution in [2.45, 2.75) is 4.90 Å². The molecule has 3 heteroatoms. The third-order valence-electron chi connectivity index (χ3n) is 1.05. The van der Waals surface area contributed by atoms with Crippen molar-refractivity contribution in [3.05, 3.63) is 28.7 Å². The zero-order valence-electron chi connectivity index (χ0n) is 5.18. The normalized spacial score (nSPS) is 9.80. The summed E-state index contributed by atoms with van der Waals surface area (Å²) in [5, 5.41) is 0.600. The minimum Gasteiger partial charge on any atom is -0.114 e. The molecule has 0 bridgehead atoms. The first-order valence-electron chi connectivity index (χ1n) is 2.78. The van der Waals surface area contributed by atoms with E-state index in [9.17, 15) is 0 Å². The van der Waals surface area contributed by atoms with E-state index in [1.54, 1.807) is 11.8 Å². The Morgan fingerprint density at radius 3 is 2.70 bits per heavy atom. The molecule has 0 fully saturated rings. The van der Waals surface area contributed by atoms with Crippen LogP contribution in [0.2, 0.25) is 0 Å². The van der Waals surface area contributed by atoms with Crippen LogP contribution in [0, 0.1) is 0 Å². The van der Waals surface area contributed by atoms with E-state index in [4.69, 9.17) is 11.6 Å². The van der Waals surface area contributed by atoms with Crippen LogP contribution in [0.5, 0.6) is 0 Å². The van der Waals surface area contributed by atoms with Crippen LogP contribution in [0.3, 0.4) is 0 Å². The summed E-state index contributed by atoms with van der Waals surface area (Å²) in [6, 6.07) is 8.04. The summed E-state index contributed by atoms with van der Waals surface area (Å²) in [5.41, 5.74) is 0. The van der Waals surface area contributed by atoms with E-state index in [0.717, 1.165) is 4.47 Å². The smallest absolute Gasteiger partial charge is 0.0727 e. The van der Waals surface area contributed by atoms with Crippen LogP contribution in [-0.2, 0) is 0 Å². The zero-order chi connectivity index (χ0) is 7.40. The van der Waals surface area contributed by atoms with Crippen molar-refractivity contribution >= 4 is 39.3 Å². The first-order valence-corrected chi connectivity index (χ1v) is 5.09. The van der Waals surface area contributed by atoms with Crippen LogP contribution < -0.4 is 0 Å². The highest BCUT2D eigenvalue weighted by atomic mass is 79.9. The molecule has 0 amide bonds. The molecule has 0 heterocycles. The highest BCUT2D eigenvalue weighted by molar-refractivity contribution is 9.10. The summed E-state index contributed by atoms with van der Waals surface area (Å²) >= 11 is 10.6. The summed E-state index contributed by atoms with van der Waals surface area (Å²) in [6.45, 7) is 0. The van der Waals surface area contributed by atoms with Gasteiger partial charge in [-0.05, 0) is 28.1 Å². The second-order valence-electron chi connectivity index (χ2n) is 1.68. The van der Waals surface area contributed by atoms with Gasteiger partial charge in [0.15, 0.2) is 0 Å². The van der Waals surface area contributed by atoms with Crippen molar-refractivity contribution in [2.24, 2.45) is 0 Å². The predicted molar refractivity (Wildman–Crippen MR) is 50.7 cm³/mol. The Bertz CT molecular complexity index is 215. The predicted octanol–water partition coefficient (Wildman–Crippen LogP) is 3.74. The molecule has 0 nitrogen and oxygen atoms in total. The molecule has 54 valence electrons. The van der Waals surface area contributed by atoms with Gasteiger partial charge in [-0.15, -0.1) is 23.4 Å². The van der Waals surface area contributed by atoms with E-state index in [1.165, 1.54) is 4.90 Å². The molecular weight excluding hydrogens is 232 g/mol. The van der Waals surface area contributed by atoms with Gasteiger partial charge in [-0.3, -0.25) is 0 Å². The number of alkyl halides is 1. The second-order valence-corrected chi connectivity index (χ2v) is 4.14. The Balaban J connectivity index is 2.81. The van der Waals surface area contributed by atoms with E-state index >= 15 is 0 Å². The maximum absolute atomic E-state index is 5.55. The summed E-state index contributed by atoms with van der Waals surface area (Å²) in [6.07, 6.45) is 0. The molecule has 0 spiro atoms. The largest absolute Gasteiger partial charge is 0.114 e. The molecule has 0 N–H and O–H groups in total. The molecular formula is C7H6BrClS. The first kappa shape index (κ1) is 8.44. The Morgan fingerprint density at radius 1 is 1.40 bits per heavy atom. The molecule has 1 aromatic rings. The van der Waals surface area contributed by atoms with Crippen LogP contribution in [0.25, 0.3) is 0 Å². The average Bonchev–Trinajstić information content (AvgIpc) is 1.94. The molecule has 0 atom stereocenters. The maximum atomic E-state index is 5.55. The fraction of sp³-hybridized carbons (Fsp3) is 0.143. The third-order valence-corrected chi connectivity index (χ3v) is 3.10. The number of halogens is 2. The van der Waals surface area contributed by atoms with Gasteiger partial charge in [0, 0.05) is 9.37 Å². The molecule has 0 saturated carbocycles. The van der Waals surface area contributed by atoms with Gasteiger partial charge >= 0.3 is 0 Å². The number of rotatable bonds is 2. The average molecular weight is 238 g/mol. The highest BCUT2D eigenvalue weighted by Crippen LogP contribution is 2.27. The van der Waals surface area contributed by atoms with Gasteiger partial charge in [0.2, 0.25) is 0 Å². The van der Waals surface area contributed by atoms with Gasteiger partial charge in [-0.25, -0.2) is 0 Å². The van der Waals surface area contributed by atoms with Crippen LogP contribution in [0.4, 0.5) is 0 Å². The van der Waals surface area contributed by atoms with Gasteiger partial charge in [0.05, 0.1) is 5.21 Å². The van der Waals surface area contributed by atoms with Gasteiger partial charge in [-0.2, -0.15) is 0 Å². The molecule has 1 aromatic carbocycles. The highest BCUT2D eigenvalue weighted by Gasteiger charge is 1.95. The molecule has 0 aliphatic carbocycles. The monoisotopic (exact) mass is 236 g/mol. The maximum Gasteiger partial charge on any atom is 0.0727 e. The van der Waals surface area contributed by atoms with Crippen molar-refractivity contribution in [2.75, 3.05) is 5.21 Å². The first-order chi connectivity index (χ1) is 4.84. The van der Waals surface area contributed by atoms with Gasteiger partial charge in [0.1, 0.15) is 0 Å². The standard InChI is InChI=1S/C7H6BrClS/c8-6-3-1-2-4-7(6)10-5-9/h1-4H,5H2. The number of thioether (sulfide) groups is 1. The number of hydrogen-bond donors (Lipinski definition) is 0. The molecule has 0 aliphatic rings. The minimum atomic E-state index is 0.600.